The van der Waals surface area contributed by atoms with Gasteiger partial charge in [0.15, 0.2) is 17.0 Å². The van der Waals surface area contributed by atoms with E-state index >= 15 is 0 Å². The van der Waals surface area contributed by atoms with E-state index in [0.717, 1.165) is 44.4 Å². The van der Waals surface area contributed by atoms with Crippen LogP contribution in [0.3, 0.4) is 0 Å². The number of nitrogens with two attached hydrogens (primary N) is 1. The number of anilines is 3. The molecule has 1 saturated heterocycles. The van der Waals surface area contributed by atoms with Crippen LogP contribution in [0.5, 0.6) is 0 Å². The number of primary amides is 1. The molecule has 202 valence electrons. The molecule has 6 N–H and O–H groups in total. The standard InChI is InChI=1S/C25H35N11O2/c26-24(38)28-9-3-4-10-29-25-33-21(20-22(34-25)36(16-31-20)18-5-1-2-6-18)32-17-7-8-19(30-15-17)23(37)35-13-11-27-12-14-35/h7-8,15-16,18,27H,1-6,9-14H2,(H3,26,28,38)(H2,29,32,33,34). The van der Waals surface area contributed by atoms with Gasteiger partial charge in [-0.25, -0.2) is 14.8 Å². The summed E-state index contributed by atoms with van der Waals surface area (Å²) in [6.45, 7) is 4.12. The second-order valence-electron chi connectivity index (χ2n) is 9.68. The smallest absolute Gasteiger partial charge is 0.312 e. The Morgan fingerprint density at radius 2 is 1.84 bits per heavy atom. The van der Waals surface area contributed by atoms with E-state index in [-0.39, 0.29) is 5.91 Å². The number of fused-ring (bicyclic) bond motifs is 1. The van der Waals surface area contributed by atoms with Crippen molar-refractivity contribution in [1.82, 2.24) is 40.0 Å². The molecular formula is C25H35N11O2. The summed E-state index contributed by atoms with van der Waals surface area (Å²) >= 11 is 0. The first kappa shape index (κ1) is 25.6. The molecule has 0 spiro atoms. The normalized spacial score (nSPS) is 16.1. The molecule has 1 saturated carbocycles. The SMILES string of the molecule is NC(=O)NCCCCNc1nc(Nc2ccc(C(=O)N3CCNCC3)nc2)c2ncn(C3CCCC3)c2n1. The van der Waals surface area contributed by atoms with Crippen molar-refractivity contribution in [2.24, 2.45) is 5.73 Å². The molecule has 0 radical (unpaired) electrons. The first-order chi connectivity index (χ1) is 18.6. The van der Waals surface area contributed by atoms with Gasteiger partial charge in [-0.1, -0.05) is 12.8 Å². The zero-order chi connectivity index (χ0) is 26.3. The second-order valence-corrected chi connectivity index (χ2v) is 9.68. The van der Waals surface area contributed by atoms with Crippen molar-refractivity contribution < 1.29 is 9.59 Å². The molecule has 1 aliphatic carbocycles. The number of nitrogens with one attached hydrogen (secondary N) is 4. The van der Waals surface area contributed by atoms with Gasteiger partial charge in [0.2, 0.25) is 5.95 Å². The van der Waals surface area contributed by atoms with E-state index in [9.17, 15) is 9.59 Å². The lowest BCUT2D eigenvalue weighted by atomic mass is 10.2. The van der Waals surface area contributed by atoms with Gasteiger partial charge in [-0.3, -0.25) is 4.79 Å². The molecule has 13 nitrogen and oxygen atoms in total. The molecule has 3 aromatic rings. The second kappa shape index (κ2) is 12.0. The zero-order valence-corrected chi connectivity index (χ0v) is 21.4. The number of nitrogens with zero attached hydrogens (tertiary/aromatic N) is 6. The molecule has 0 unspecified atom stereocenters. The Balaban J connectivity index is 1.33. The minimum atomic E-state index is -0.515. The molecule has 5 rings (SSSR count). The molecule has 13 heteroatoms. The zero-order valence-electron chi connectivity index (χ0n) is 21.4. The number of amides is 3. The third kappa shape index (κ3) is 6.10. The summed E-state index contributed by atoms with van der Waals surface area (Å²) in [5.74, 6) is 1.02. The number of urea groups is 1. The molecule has 2 aliphatic rings. The molecule has 3 aromatic heterocycles. The Bertz CT molecular complexity index is 1250. The van der Waals surface area contributed by atoms with Crippen LogP contribution in [0.4, 0.5) is 22.2 Å². The van der Waals surface area contributed by atoms with Crippen molar-refractivity contribution in [3.8, 4) is 0 Å². The molecule has 4 heterocycles. The number of hydrogen-bond donors (Lipinski definition) is 5. The van der Waals surface area contributed by atoms with Crippen LogP contribution in [0.1, 0.15) is 55.1 Å². The fraction of sp³-hybridized carbons (Fsp3) is 0.520. The van der Waals surface area contributed by atoms with Crippen molar-refractivity contribution in [3.63, 3.8) is 0 Å². The fourth-order valence-corrected chi connectivity index (χ4v) is 4.96. The van der Waals surface area contributed by atoms with Crippen LogP contribution in [-0.2, 0) is 0 Å². The van der Waals surface area contributed by atoms with Crippen LogP contribution in [0.25, 0.3) is 11.2 Å². The minimum absolute atomic E-state index is 0.0599. The van der Waals surface area contributed by atoms with Crippen LogP contribution in [0.15, 0.2) is 24.7 Å². The monoisotopic (exact) mass is 521 g/mol. The van der Waals surface area contributed by atoms with E-state index in [4.69, 9.17) is 15.7 Å². The number of pyridine rings is 1. The van der Waals surface area contributed by atoms with Crippen LogP contribution >= 0.6 is 0 Å². The number of imidazole rings is 1. The minimum Gasteiger partial charge on any atom is -0.354 e. The van der Waals surface area contributed by atoms with Crippen molar-refractivity contribution >= 4 is 40.6 Å². The topological polar surface area (TPSA) is 168 Å². The lowest BCUT2D eigenvalue weighted by molar-refractivity contribution is 0.0730. The number of aromatic nitrogens is 5. The molecule has 1 aliphatic heterocycles. The summed E-state index contributed by atoms with van der Waals surface area (Å²) in [5.41, 5.74) is 7.72. The number of carbonyl (C=O) groups excluding carboxylic acids is 2. The number of piperazine rings is 1. The van der Waals surface area contributed by atoms with Crippen LogP contribution < -0.4 is 27.0 Å². The highest BCUT2D eigenvalue weighted by Gasteiger charge is 2.22. The average Bonchev–Trinajstić information content (AvgIpc) is 3.61. The van der Waals surface area contributed by atoms with Gasteiger partial charge in [-0.2, -0.15) is 9.97 Å². The molecule has 38 heavy (non-hydrogen) atoms. The van der Waals surface area contributed by atoms with Crippen molar-refractivity contribution in [2.45, 2.75) is 44.6 Å². The lowest BCUT2D eigenvalue weighted by Crippen LogP contribution is -2.46. The predicted octanol–water partition coefficient (Wildman–Crippen LogP) is 1.99. The maximum absolute atomic E-state index is 12.8. The largest absolute Gasteiger partial charge is 0.354 e. The summed E-state index contributed by atoms with van der Waals surface area (Å²) in [6.07, 6.45) is 9.74. The summed E-state index contributed by atoms with van der Waals surface area (Å²) < 4.78 is 2.16. The number of carbonyl (C=O) groups is 2. The van der Waals surface area contributed by atoms with E-state index in [0.29, 0.717) is 60.9 Å². The van der Waals surface area contributed by atoms with Gasteiger partial charge in [0.1, 0.15) is 5.69 Å². The summed E-state index contributed by atoms with van der Waals surface area (Å²) in [4.78, 5) is 44.0. The first-order valence-corrected chi connectivity index (χ1v) is 13.3. The Labute approximate surface area is 221 Å². The third-order valence-electron chi connectivity index (χ3n) is 6.97. The molecule has 0 aromatic carbocycles. The van der Waals surface area contributed by atoms with Crippen LogP contribution in [0.2, 0.25) is 0 Å². The van der Waals surface area contributed by atoms with E-state index in [1.165, 1.54) is 12.8 Å². The molecule has 0 atom stereocenters. The Morgan fingerprint density at radius 3 is 2.58 bits per heavy atom. The van der Waals surface area contributed by atoms with E-state index in [2.05, 4.69) is 35.8 Å². The Hall–Kier alpha value is -4.00. The highest BCUT2D eigenvalue weighted by atomic mass is 16.2. The Morgan fingerprint density at radius 1 is 1.05 bits per heavy atom. The summed E-state index contributed by atoms with van der Waals surface area (Å²) in [7, 11) is 0. The van der Waals surface area contributed by atoms with Crippen molar-refractivity contribution in [3.05, 3.63) is 30.4 Å². The maximum atomic E-state index is 12.8. The molecule has 3 amide bonds. The Kier molecular flexibility index (Phi) is 8.12. The van der Waals surface area contributed by atoms with Gasteiger partial charge in [0, 0.05) is 45.3 Å². The number of rotatable bonds is 10. The molecule has 2 fully saturated rings. The average molecular weight is 522 g/mol. The third-order valence-corrected chi connectivity index (χ3v) is 6.97. The van der Waals surface area contributed by atoms with Gasteiger partial charge < -0.3 is 36.5 Å². The van der Waals surface area contributed by atoms with Crippen molar-refractivity contribution in [2.75, 3.05) is 49.9 Å². The van der Waals surface area contributed by atoms with Gasteiger partial charge in [0.05, 0.1) is 18.2 Å². The fourth-order valence-electron chi connectivity index (χ4n) is 4.96. The van der Waals surface area contributed by atoms with Gasteiger partial charge in [0.25, 0.3) is 5.91 Å². The number of unbranched alkanes of at least 4 members (excludes halogenated alkanes) is 1. The molecular weight excluding hydrogens is 486 g/mol. The number of hydrogen-bond acceptors (Lipinski definition) is 9. The quantitative estimate of drug-likeness (QED) is 0.251. The predicted molar refractivity (Wildman–Crippen MR) is 144 cm³/mol. The summed E-state index contributed by atoms with van der Waals surface area (Å²) in [6, 6.07) is 3.44. The first-order valence-electron chi connectivity index (χ1n) is 13.3. The summed E-state index contributed by atoms with van der Waals surface area (Å²) in [5, 5.41) is 12.5. The van der Waals surface area contributed by atoms with Gasteiger partial charge in [-0.15, -0.1) is 0 Å². The highest BCUT2D eigenvalue weighted by molar-refractivity contribution is 5.93. The van der Waals surface area contributed by atoms with Gasteiger partial charge in [-0.05, 0) is 37.8 Å². The van der Waals surface area contributed by atoms with Crippen LogP contribution in [0, 0.1) is 0 Å². The van der Waals surface area contributed by atoms with E-state index < -0.39 is 6.03 Å². The van der Waals surface area contributed by atoms with Crippen molar-refractivity contribution in [1.29, 1.82) is 0 Å². The van der Waals surface area contributed by atoms with E-state index in [1.807, 2.05) is 17.3 Å². The maximum Gasteiger partial charge on any atom is 0.312 e. The molecule has 0 bridgehead atoms. The van der Waals surface area contributed by atoms with E-state index in [1.54, 1.807) is 12.3 Å². The lowest BCUT2D eigenvalue weighted by Gasteiger charge is -2.27. The van der Waals surface area contributed by atoms with Gasteiger partial charge >= 0.3 is 6.03 Å². The highest BCUT2D eigenvalue weighted by Crippen LogP contribution is 2.33. The van der Waals surface area contributed by atoms with Crippen LogP contribution in [-0.4, -0.2) is 80.6 Å².